The van der Waals surface area contributed by atoms with Gasteiger partial charge in [0.1, 0.15) is 17.4 Å². The van der Waals surface area contributed by atoms with Crippen molar-refractivity contribution in [1.29, 1.82) is 0 Å². The number of benzene rings is 1. The molecule has 160 valence electrons. The van der Waals surface area contributed by atoms with E-state index in [0.29, 0.717) is 12.8 Å². The Kier molecular flexibility index (Phi) is 6.23. The van der Waals surface area contributed by atoms with E-state index in [4.69, 9.17) is 0 Å². The van der Waals surface area contributed by atoms with Crippen molar-refractivity contribution in [2.75, 3.05) is 7.05 Å². The molecule has 0 aliphatic rings. The molecule has 2 heterocycles. The number of carboxylic acids is 1. The fourth-order valence-corrected chi connectivity index (χ4v) is 4.92. The van der Waals surface area contributed by atoms with Crippen molar-refractivity contribution in [3.8, 4) is 0 Å². The SMILES string of the molecule is CC[C@H](C)[C@@H](C(=O)O)N(C)S(=O)(=O)c1ccc(Cc2nccc3[nH]c(C)nc23)cc1. The van der Waals surface area contributed by atoms with Crippen LogP contribution < -0.4 is 0 Å². The molecule has 3 aromatic rings. The minimum atomic E-state index is -3.94. The van der Waals surface area contributed by atoms with Crippen LogP contribution in [-0.2, 0) is 21.2 Å². The van der Waals surface area contributed by atoms with Crippen molar-refractivity contribution < 1.29 is 18.3 Å². The summed E-state index contributed by atoms with van der Waals surface area (Å²) in [5.74, 6) is -0.663. The van der Waals surface area contributed by atoms with Crippen LogP contribution >= 0.6 is 0 Å². The van der Waals surface area contributed by atoms with Crippen molar-refractivity contribution in [3.05, 3.63) is 53.6 Å². The highest BCUT2D eigenvalue weighted by molar-refractivity contribution is 7.89. The van der Waals surface area contributed by atoms with Gasteiger partial charge in [0, 0.05) is 19.7 Å². The molecule has 0 saturated carbocycles. The lowest BCUT2D eigenvalue weighted by Gasteiger charge is -2.28. The summed E-state index contributed by atoms with van der Waals surface area (Å²) in [6, 6.07) is 7.20. The monoisotopic (exact) mass is 430 g/mol. The van der Waals surface area contributed by atoms with E-state index in [1.165, 1.54) is 19.2 Å². The molecule has 0 aliphatic heterocycles. The van der Waals surface area contributed by atoms with E-state index in [-0.39, 0.29) is 10.8 Å². The Labute approximate surface area is 176 Å². The third-order valence-corrected chi connectivity index (χ3v) is 7.25. The number of nitrogens with one attached hydrogen (secondary N) is 1. The Balaban J connectivity index is 1.86. The van der Waals surface area contributed by atoms with Gasteiger partial charge in [-0.05, 0) is 36.6 Å². The molecule has 3 rings (SSSR count). The lowest BCUT2D eigenvalue weighted by atomic mass is 10.00. The van der Waals surface area contributed by atoms with Crippen molar-refractivity contribution in [2.45, 2.75) is 44.6 Å². The number of hydrogen-bond acceptors (Lipinski definition) is 5. The first-order valence-corrected chi connectivity index (χ1v) is 11.2. The van der Waals surface area contributed by atoms with Gasteiger partial charge in [-0.1, -0.05) is 32.4 Å². The molecule has 0 saturated heterocycles. The number of hydrogen-bond donors (Lipinski definition) is 2. The molecule has 0 spiro atoms. The van der Waals surface area contributed by atoms with E-state index in [2.05, 4.69) is 15.0 Å². The molecule has 1 aromatic carbocycles. The van der Waals surface area contributed by atoms with Gasteiger partial charge in [0.05, 0.1) is 16.1 Å². The van der Waals surface area contributed by atoms with Gasteiger partial charge in [-0.15, -0.1) is 0 Å². The van der Waals surface area contributed by atoms with Crippen LogP contribution in [0.4, 0.5) is 0 Å². The lowest BCUT2D eigenvalue weighted by Crippen LogP contribution is -2.46. The maximum Gasteiger partial charge on any atom is 0.322 e. The van der Waals surface area contributed by atoms with Crippen molar-refractivity contribution >= 4 is 27.0 Å². The summed E-state index contributed by atoms with van der Waals surface area (Å²) in [7, 11) is -2.62. The lowest BCUT2D eigenvalue weighted by molar-refractivity contribution is -0.142. The van der Waals surface area contributed by atoms with Crippen molar-refractivity contribution in [1.82, 2.24) is 19.3 Å². The highest BCUT2D eigenvalue weighted by Crippen LogP contribution is 2.24. The average Bonchev–Trinajstić information content (AvgIpc) is 3.09. The van der Waals surface area contributed by atoms with Crippen LogP contribution in [0.2, 0.25) is 0 Å². The second-order valence-corrected chi connectivity index (χ2v) is 9.48. The fraction of sp³-hybridized carbons (Fsp3) is 0.381. The van der Waals surface area contributed by atoms with E-state index in [9.17, 15) is 18.3 Å². The third kappa shape index (κ3) is 4.22. The van der Waals surface area contributed by atoms with Crippen LogP contribution in [0, 0.1) is 12.8 Å². The van der Waals surface area contributed by atoms with Crippen LogP contribution in [0.1, 0.15) is 37.4 Å². The number of pyridine rings is 1. The number of likely N-dealkylation sites (N-methyl/N-ethyl adjacent to an activating group) is 1. The van der Waals surface area contributed by atoms with E-state index >= 15 is 0 Å². The quantitative estimate of drug-likeness (QED) is 0.567. The first-order valence-electron chi connectivity index (χ1n) is 9.75. The van der Waals surface area contributed by atoms with Crippen LogP contribution in [0.5, 0.6) is 0 Å². The molecule has 30 heavy (non-hydrogen) atoms. The predicted octanol–water partition coefficient (Wildman–Crippen LogP) is 2.98. The Hall–Kier alpha value is -2.78. The molecular weight excluding hydrogens is 404 g/mol. The smallest absolute Gasteiger partial charge is 0.322 e. The number of aliphatic carboxylic acids is 1. The number of sulfonamides is 1. The maximum atomic E-state index is 13.0. The number of aryl methyl sites for hydroxylation is 1. The number of aromatic nitrogens is 3. The number of rotatable bonds is 8. The number of aromatic amines is 1. The van der Waals surface area contributed by atoms with Gasteiger partial charge in [0.15, 0.2) is 0 Å². The van der Waals surface area contributed by atoms with Gasteiger partial charge >= 0.3 is 5.97 Å². The number of carbonyl (C=O) groups is 1. The summed E-state index contributed by atoms with van der Waals surface area (Å²) in [6.45, 7) is 5.45. The highest BCUT2D eigenvalue weighted by atomic mass is 32.2. The summed E-state index contributed by atoms with van der Waals surface area (Å²) >= 11 is 0. The Morgan fingerprint density at radius 2 is 1.90 bits per heavy atom. The summed E-state index contributed by atoms with van der Waals surface area (Å²) in [5.41, 5.74) is 3.38. The van der Waals surface area contributed by atoms with Crippen LogP contribution in [0.25, 0.3) is 11.0 Å². The van der Waals surface area contributed by atoms with Gasteiger partial charge in [0.2, 0.25) is 10.0 Å². The Bertz CT molecular complexity index is 1160. The summed E-state index contributed by atoms with van der Waals surface area (Å²) in [5, 5.41) is 9.53. The largest absolute Gasteiger partial charge is 0.480 e. The molecule has 2 atom stereocenters. The molecule has 2 N–H and O–H groups in total. The number of carboxylic acid groups (broad SMARTS) is 1. The topological polar surface area (TPSA) is 116 Å². The number of H-pyrrole nitrogens is 1. The molecule has 9 heteroatoms. The number of fused-ring (bicyclic) bond motifs is 1. The summed E-state index contributed by atoms with van der Waals surface area (Å²) < 4.78 is 26.9. The molecular formula is C21H26N4O4S. The molecule has 0 bridgehead atoms. The minimum Gasteiger partial charge on any atom is -0.480 e. The van der Waals surface area contributed by atoms with Gasteiger partial charge in [-0.3, -0.25) is 9.78 Å². The molecule has 0 fully saturated rings. The second-order valence-electron chi connectivity index (χ2n) is 7.49. The second kappa shape index (κ2) is 8.53. The van der Waals surface area contributed by atoms with Gasteiger partial charge < -0.3 is 10.1 Å². The molecule has 0 radical (unpaired) electrons. The van der Waals surface area contributed by atoms with E-state index in [0.717, 1.165) is 32.4 Å². The predicted molar refractivity (Wildman–Crippen MR) is 114 cm³/mol. The maximum absolute atomic E-state index is 13.0. The van der Waals surface area contributed by atoms with Gasteiger partial charge in [-0.25, -0.2) is 13.4 Å². The highest BCUT2D eigenvalue weighted by Gasteiger charge is 2.35. The number of imidazole rings is 1. The van der Waals surface area contributed by atoms with Crippen LogP contribution in [-0.4, -0.2) is 51.8 Å². The minimum absolute atomic E-state index is 0.0603. The molecule has 8 nitrogen and oxygen atoms in total. The van der Waals surface area contributed by atoms with Crippen LogP contribution in [0.15, 0.2) is 41.4 Å². The average molecular weight is 431 g/mol. The third-order valence-electron chi connectivity index (χ3n) is 5.39. The van der Waals surface area contributed by atoms with E-state index in [1.807, 2.05) is 19.9 Å². The molecule has 0 unspecified atom stereocenters. The standard InChI is InChI=1S/C21H26N4O4S/c1-5-13(2)20(21(26)27)25(4)30(28,29)16-8-6-15(7-9-16)12-18-19-17(10-11-22-18)23-14(3)24-19/h6-11,13,20H,5,12H2,1-4H3,(H,23,24)(H,26,27)/t13-,20-/m0/s1. The Morgan fingerprint density at radius 1 is 1.23 bits per heavy atom. The van der Waals surface area contributed by atoms with Crippen LogP contribution in [0.3, 0.4) is 0 Å². The summed E-state index contributed by atoms with van der Waals surface area (Å²) in [4.78, 5) is 23.8. The number of nitrogens with zero attached hydrogens (tertiary/aromatic N) is 3. The molecule has 0 amide bonds. The van der Waals surface area contributed by atoms with E-state index in [1.54, 1.807) is 25.3 Å². The summed E-state index contributed by atoms with van der Waals surface area (Å²) in [6.07, 6.45) is 2.77. The Morgan fingerprint density at radius 3 is 2.50 bits per heavy atom. The molecule has 2 aromatic heterocycles. The first-order chi connectivity index (χ1) is 14.1. The van der Waals surface area contributed by atoms with Crippen molar-refractivity contribution in [2.24, 2.45) is 5.92 Å². The van der Waals surface area contributed by atoms with Crippen molar-refractivity contribution in [3.63, 3.8) is 0 Å². The molecule has 0 aliphatic carbocycles. The fourth-order valence-electron chi connectivity index (χ4n) is 3.51. The van der Waals surface area contributed by atoms with Gasteiger partial charge in [0.25, 0.3) is 0 Å². The van der Waals surface area contributed by atoms with E-state index < -0.39 is 22.0 Å². The van der Waals surface area contributed by atoms with Gasteiger partial charge in [-0.2, -0.15) is 4.31 Å². The zero-order valence-corrected chi connectivity index (χ0v) is 18.3. The normalized spacial score (nSPS) is 14.2. The zero-order chi connectivity index (χ0) is 22.1. The zero-order valence-electron chi connectivity index (χ0n) is 17.5. The first kappa shape index (κ1) is 21.9.